The number of aryl methyl sites for hydroxylation is 1. The Labute approximate surface area is 88.0 Å². The third kappa shape index (κ3) is 1.71. The highest BCUT2D eigenvalue weighted by Crippen LogP contribution is 2.24. The van der Waals surface area contributed by atoms with E-state index < -0.39 is 0 Å². The minimum Gasteiger partial charge on any atom is -0.399 e. The van der Waals surface area contributed by atoms with Crippen molar-refractivity contribution in [1.29, 1.82) is 0 Å². The molecular formula is C11H13N3O. The number of hydrogen-bond acceptors (Lipinski definition) is 3. The highest BCUT2D eigenvalue weighted by atomic mass is 16.3. The minimum atomic E-state index is -0.0223. The summed E-state index contributed by atoms with van der Waals surface area (Å²) in [6.45, 7) is -0.0223. The van der Waals surface area contributed by atoms with E-state index in [0.29, 0.717) is 5.69 Å². The van der Waals surface area contributed by atoms with E-state index in [2.05, 4.69) is 5.10 Å². The van der Waals surface area contributed by atoms with Crippen molar-refractivity contribution in [2.75, 3.05) is 5.73 Å². The maximum absolute atomic E-state index is 9.25. The molecule has 1 aromatic heterocycles. The van der Waals surface area contributed by atoms with Gasteiger partial charge in [0.1, 0.15) is 0 Å². The number of nitrogen functional groups attached to an aromatic ring is 1. The van der Waals surface area contributed by atoms with Crippen LogP contribution in [0.5, 0.6) is 0 Å². The summed E-state index contributed by atoms with van der Waals surface area (Å²) in [6, 6.07) is 7.41. The molecule has 0 aliphatic heterocycles. The van der Waals surface area contributed by atoms with Gasteiger partial charge in [0, 0.05) is 24.5 Å². The number of aromatic nitrogens is 2. The zero-order valence-electron chi connectivity index (χ0n) is 8.51. The molecule has 0 atom stereocenters. The molecule has 0 amide bonds. The molecular weight excluding hydrogens is 190 g/mol. The standard InChI is InChI=1S/C11H13N3O/c1-14-11(4-5-13-14)10-3-2-9(12)6-8(10)7-15/h2-6,15H,7,12H2,1H3. The summed E-state index contributed by atoms with van der Waals surface area (Å²) < 4.78 is 1.77. The summed E-state index contributed by atoms with van der Waals surface area (Å²) in [5.74, 6) is 0. The molecule has 0 aliphatic rings. The molecule has 2 rings (SSSR count). The molecule has 0 saturated heterocycles. The second-order valence-electron chi connectivity index (χ2n) is 3.41. The van der Waals surface area contributed by atoms with E-state index in [9.17, 15) is 5.11 Å². The van der Waals surface area contributed by atoms with Crippen molar-refractivity contribution in [3.05, 3.63) is 36.0 Å². The molecule has 0 fully saturated rings. The topological polar surface area (TPSA) is 64.1 Å². The molecule has 3 N–H and O–H groups in total. The molecule has 0 radical (unpaired) electrons. The predicted octanol–water partition coefficient (Wildman–Crippen LogP) is 1.16. The Morgan fingerprint density at radius 3 is 2.80 bits per heavy atom. The van der Waals surface area contributed by atoms with Crippen molar-refractivity contribution in [3.8, 4) is 11.3 Å². The lowest BCUT2D eigenvalue weighted by molar-refractivity contribution is 0.282. The lowest BCUT2D eigenvalue weighted by atomic mass is 10.0. The van der Waals surface area contributed by atoms with Gasteiger partial charge in [-0.3, -0.25) is 4.68 Å². The third-order valence-corrected chi connectivity index (χ3v) is 2.40. The largest absolute Gasteiger partial charge is 0.399 e. The van der Waals surface area contributed by atoms with Crippen molar-refractivity contribution in [2.45, 2.75) is 6.61 Å². The fraction of sp³-hybridized carbons (Fsp3) is 0.182. The average Bonchev–Trinajstić information content (AvgIpc) is 2.64. The molecule has 78 valence electrons. The number of aliphatic hydroxyl groups is 1. The van der Waals surface area contributed by atoms with Crippen molar-refractivity contribution < 1.29 is 5.11 Å². The maximum Gasteiger partial charge on any atom is 0.0689 e. The third-order valence-electron chi connectivity index (χ3n) is 2.40. The Bertz CT molecular complexity index is 476. The molecule has 1 heterocycles. The first-order valence-electron chi connectivity index (χ1n) is 4.70. The van der Waals surface area contributed by atoms with Crippen LogP contribution >= 0.6 is 0 Å². The smallest absolute Gasteiger partial charge is 0.0689 e. The molecule has 2 aromatic rings. The summed E-state index contributed by atoms with van der Waals surface area (Å²) in [5.41, 5.74) is 9.07. The second-order valence-corrected chi connectivity index (χ2v) is 3.41. The van der Waals surface area contributed by atoms with Gasteiger partial charge >= 0.3 is 0 Å². The van der Waals surface area contributed by atoms with Gasteiger partial charge in [0.05, 0.1) is 12.3 Å². The molecule has 1 aromatic carbocycles. The van der Waals surface area contributed by atoms with Crippen LogP contribution in [-0.2, 0) is 13.7 Å². The highest BCUT2D eigenvalue weighted by molar-refractivity contribution is 5.66. The summed E-state index contributed by atoms with van der Waals surface area (Å²) in [5, 5.41) is 13.3. The van der Waals surface area contributed by atoms with Gasteiger partial charge in [0.25, 0.3) is 0 Å². The van der Waals surface area contributed by atoms with Crippen molar-refractivity contribution in [3.63, 3.8) is 0 Å². The van der Waals surface area contributed by atoms with Gasteiger partial charge in [-0.05, 0) is 23.8 Å². The van der Waals surface area contributed by atoms with Gasteiger partial charge in [0.2, 0.25) is 0 Å². The number of rotatable bonds is 2. The van der Waals surface area contributed by atoms with Gasteiger partial charge in [-0.25, -0.2) is 0 Å². The normalized spacial score (nSPS) is 10.5. The molecule has 0 unspecified atom stereocenters. The zero-order chi connectivity index (χ0) is 10.8. The Hall–Kier alpha value is -1.81. The molecule has 4 nitrogen and oxygen atoms in total. The molecule has 15 heavy (non-hydrogen) atoms. The summed E-state index contributed by atoms with van der Waals surface area (Å²) in [4.78, 5) is 0. The van der Waals surface area contributed by atoms with Crippen molar-refractivity contribution >= 4 is 5.69 Å². The maximum atomic E-state index is 9.25. The van der Waals surface area contributed by atoms with Crippen LogP contribution in [0.2, 0.25) is 0 Å². The van der Waals surface area contributed by atoms with Crippen LogP contribution in [-0.4, -0.2) is 14.9 Å². The molecule has 0 spiro atoms. The van der Waals surface area contributed by atoms with Gasteiger partial charge in [-0.15, -0.1) is 0 Å². The lowest BCUT2D eigenvalue weighted by Gasteiger charge is -2.08. The van der Waals surface area contributed by atoms with Crippen LogP contribution in [0.1, 0.15) is 5.56 Å². The van der Waals surface area contributed by atoms with Crippen LogP contribution < -0.4 is 5.73 Å². The van der Waals surface area contributed by atoms with Gasteiger partial charge in [0.15, 0.2) is 0 Å². The average molecular weight is 203 g/mol. The number of nitrogens with zero attached hydrogens (tertiary/aromatic N) is 2. The van der Waals surface area contributed by atoms with Crippen molar-refractivity contribution in [1.82, 2.24) is 9.78 Å². The first-order chi connectivity index (χ1) is 7.22. The van der Waals surface area contributed by atoms with E-state index in [0.717, 1.165) is 16.8 Å². The Kier molecular flexibility index (Phi) is 2.43. The fourth-order valence-corrected chi connectivity index (χ4v) is 1.63. The van der Waals surface area contributed by atoms with Crippen LogP contribution in [0.25, 0.3) is 11.3 Å². The molecule has 0 aliphatic carbocycles. The Balaban J connectivity index is 2.58. The number of benzene rings is 1. The quantitative estimate of drug-likeness (QED) is 0.720. The van der Waals surface area contributed by atoms with E-state index >= 15 is 0 Å². The number of hydrogen-bond donors (Lipinski definition) is 2. The molecule has 4 heteroatoms. The SMILES string of the molecule is Cn1nccc1-c1ccc(N)cc1CO. The van der Waals surface area contributed by atoms with Gasteiger partial charge in [-0.2, -0.15) is 5.10 Å². The summed E-state index contributed by atoms with van der Waals surface area (Å²) in [6.07, 6.45) is 1.73. The summed E-state index contributed by atoms with van der Waals surface area (Å²) >= 11 is 0. The minimum absolute atomic E-state index is 0.0223. The number of aliphatic hydroxyl groups excluding tert-OH is 1. The van der Waals surface area contributed by atoms with Crippen LogP contribution in [0.4, 0.5) is 5.69 Å². The second kappa shape index (κ2) is 3.74. The highest BCUT2D eigenvalue weighted by Gasteiger charge is 2.07. The van der Waals surface area contributed by atoms with E-state index in [1.54, 1.807) is 16.9 Å². The fourth-order valence-electron chi connectivity index (χ4n) is 1.63. The number of anilines is 1. The molecule has 0 saturated carbocycles. The van der Waals surface area contributed by atoms with E-state index in [1.807, 2.05) is 25.2 Å². The van der Waals surface area contributed by atoms with Crippen LogP contribution in [0, 0.1) is 0 Å². The molecule has 0 bridgehead atoms. The number of nitrogens with two attached hydrogens (primary N) is 1. The first kappa shape index (κ1) is 9.73. The first-order valence-corrected chi connectivity index (χ1v) is 4.70. The van der Waals surface area contributed by atoms with E-state index in [1.165, 1.54) is 0 Å². The Morgan fingerprint density at radius 1 is 1.40 bits per heavy atom. The predicted molar refractivity (Wildman–Crippen MR) is 59.0 cm³/mol. The lowest BCUT2D eigenvalue weighted by Crippen LogP contribution is -1.98. The van der Waals surface area contributed by atoms with Gasteiger partial charge < -0.3 is 10.8 Å². The van der Waals surface area contributed by atoms with Crippen LogP contribution in [0.15, 0.2) is 30.5 Å². The van der Waals surface area contributed by atoms with E-state index in [4.69, 9.17) is 5.73 Å². The van der Waals surface area contributed by atoms with Crippen LogP contribution in [0.3, 0.4) is 0 Å². The zero-order valence-corrected chi connectivity index (χ0v) is 8.51. The van der Waals surface area contributed by atoms with Crippen molar-refractivity contribution in [2.24, 2.45) is 7.05 Å². The van der Waals surface area contributed by atoms with E-state index in [-0.39, 0.29) is 6.61 Å². The monoisotopic (exact) mass is 203 g/mol. The van der Waals surface area contributed by atoms with Gasteiger partial charge in [-0.1, -0.05) is 6.07 Å². The Morgan fingerprint density at radius 2 is 2.20 bits per heavy atom. The summed E-state index contributed by atoms with van der Waals surface area (Å²) in [7, 11) is 1.87.